The maximum atomic E-state index is 14.6. The second kappa shape index (κ2) is 18.6. The number of morpholine rings is 1. The molecule has 0 spiro atoms. The SMILES string of the molecule is COc1cccc(COCCN(C)C(=O)C(I)(Cc2ccccc2)N(Cc2ccc(N3CCOCC3)cc2)C(=O)C=Cc2ccc(C(F)(F)F)cc2)c1. The number of methoxy groups -OCH3 is 1. The zero-order valence-corrected chi connectivity index (χ0v) is 31.9. The highest BCUT2D eigenvalue weighted by atomic mass is 127. The van der Waals surface area contributed by atoms with Gasteiger partial charge in [-0.25, -0.2) is 0 Å². The van der Waals surface area contributed by atoms with E-state index in [1.54, 1.807) is 24.0 Å². The number of halogens is 4. The monoisotopic (exact) mass is 841 g/mol. The Balaban J connectivity index is 1.42. The number of carbonyl (C=O) groups excluding carboxylic acids is 2. The quantitative estimate of drug-likeness (QED) is 0.0403. The summed E-state index contributed by atoms with van der Waals surface area (Å²) < 4.78 is 54.9. The zero-order valence-electron chi connectivity index (χ0n) is 29.7. The number of nitrogens with zero attached hydrogens (tertiary/aromatic N) is 3. The topological polar surface area (TPSA) is 71.6 Å². The second-order valence-corrected chi connectivity index (χ2v) is 14.5. The lowest BCUT2D eigenvalue weighted by Crippen LogP contribution is -2.58. The maximum absolute atomic E-state index is 14.6. The number of alkyl halides is 4. The highest BCUT2D eigenvalue weighted by Gasteiger charge is 2.45. The summed E-state index contributed by atoms with van der Waals surface area (Å²) in [4.78, 5) is 34.3. The predicted octanol–water partition coefficient (Wildman–Crippen LogP) is 7.64. The fourth-order valence-corrected chi connectivity index (χ4v) is 7.20. The summed E-state index contributed by atoms with van der Waals surface area (Å²) in [7, 11) is 3.29. The van der Waals surface area contributed by atoms with E-state index in [1.807, 2.05) is 78.9 Å². The molecule has 8 nitrogen and oxygen atoms in total. The molecule has 0 N–H and O–H groups in total. The van der Waals surface area contributed by atoms with Gasteiger partial charge in [-0.2, -0.15) is 13.2 Å². The van der Waals surface area contributed by atoms with E-state index in [4.69, 9.17) is 14.2 Å². The van der Waals surface area contributed by atoms with E-state index < -0.39 is 21.2 Å². The van der Waals surface area contributed by atoms with Crippen LogP contribution in [0.1, 0.15) is 27.8 Å². The van der Waals surface area contributed by atoms with Crippen molar-refractivity contribution in [1.82, 2.24) is 9.80 Å². The first-order valence-corrected chi connectivity index (χ1v) is 18.3. The Morgan fingerprint density at radius 3 is 2.23 bits per heavy atom. The van der Waals surface area contributed by atoms with Gasteiger partial charge in [-0.3, -0.25) is 9.59 Å². The first kappa shape index (κ1) is 39.8. The summed E-state index contributed by atoms with van der Waals surface area (Å²) in [6, 6.07) is 29.5. The molecule has 0 bridgehead atoms. The van der Waals surface area contributed by atoms with Gasteiger partial charge in [0.15, 0.2) is 3.55 Å². The summed E-state index contributed by atoms with van der Waals surface area (Å²) in [5.74, 6) is -0.0430. The van der Waals surface area contributed by atoms with Crippen molar-refractivity contribution in [3.8, 4) is 5.75 Å². The third-order valence-electron chi connectivity index (χ3n) is 8.93. The van der Waals surface area contributed by atoms with Gasteiger partial charge in [0.25, 0.3) is 5.91 Å². The van der Waals surface area contributed by atoms with Crippen molar-refractivity contribution in [3.63, 3.8) is 0 Å². The average molecular weight is 842 g/mol. The number of ether oxygens (including phenoxy) is 3. The normalized spacial score (nSPS) is 14.5. The van der Waals surface area contributed by atoms with Crippen LogP contribution in [0, 0.1) is 0 Å². The number of likely N-dealkylation sites (N-methyl/N-ethyl adjacent to an activating group) is 1. The number of rotatable bonds is 15. The van der Waals surface area contributed by atoms with Gasteiger partial charge in [-0.15, -0.1) is 0 Å². The number of hydrogen-bond acceptors (Lipinski definition) is 6. The predicted molar refractivity (Wildman–Crippen MR) is 208 cm³/mol. The van der Waals surface area contributed by atoms with Crippen LogP contribution in [-0.2, 0) is 44.8 Å². The van der Waals surface area contributed by atoms with E-state index in [-0.39, 0.29) is 32.0 Å². The lowest BCUT2D eigenvalue weighted by Gasteiger charge is -2.40. The molecule has 1 aliphatic rings. The molecule has 0 saturated carbocycles. The van der Waals surface area contributed by atoms with Gasteiger partial charge in [0, 0.05) is 51.4 Å². The van der Waals surface area contributed by atoms with Gasteiger partial charge < -0.3 is 28.9 Å². The van der Waals surface area contributed by atoms with Crippen LogP contribution >= 0.6 is 22.6 Å². The van der Waals surface area contributed by atoms with Gasteiger partial charge >= 0.3 is 6.18 Å². The van der Waals surface area contributed by atoms with Crippen LogP contribution in [0.25, 0.3) is 6.08 Å². The maximum Gasteiger partial charge on any atom is 0.416 e. The molecule has 4 aromatic rings. The van der Waals surface area contributed by atoms with Gasteiger partial charge in [-0.1, -0.05) is 66.7 Å². The molecule has 0 aliphatic carbocycles. The molecule has 53 heavy (non-hydrogen) atoms. The second-order valence-electron chi connectivity index (χ2n) is 12.7. The lowest BCUT2D eigenvalue weighted by molar-refractivity contribution is -0.144. The van der Waals surface area contributed by atoms with Crippen LogP contribution in [-0.4, -0.2) is 78.8 Å². The van der Waals surface area contributed by atoms with E-state index >= 15 is 0 Å². The molecule has 0 aromatic heterocycles. The Morgan fingerprint density at radius 2 is 1.57 bits per heavy atom. The Kier molecular flexibility index (Phi) is 13.9. The Morgan fingerprint density at radius 1 is 0.887 bits per heavy atom. The fourth-order valence-electron chi connectivity index (χ4n) is 5.94. The molecule has 0 radical (unpaired) electrons. The Bertz CT molecular complexity index is 1820. The molecule has 2 amide bonds. The molecule has 12 heteroatoms. The first-order valence-electron chi connectivity index (χ1n) is 17.2. The van der Waals surface area contributed by atoms with Crippen molar-refractivity contribution >= 4 is 46.2 Å². The van der Waals surface area contributed by atoms with Crippen molar-refractivity contribution in [2.24, 2.45) is 0 Å². The first-order chi connectivity index (χ1) is 25.5. The summed E-state index contributed by atoms with van der Waals surface area (Å²) in [5.41, 5.74) is 3.27. The molecule has 1 unspecified atom stereocenters. The van der Waals surface area contributed by atoms with Crippen molar-refractivity contribution in [2.45, 2.75) is 29.3 Å². The van der Waals surface area contributed by atoms with E-state index in [9.17, 15) is 22.8 Å². The zero-order chi connectivity index (χ0) is 37.8. The molecule has 5 rings (SSSR count). The molecule has 1 heterocycles. The van der Waals surface area contributed by atoms with E-state index in [1.165, 1.54) is 24.3 Å². The van der Waals surface area contributed by atoms with Crippen LogP contribution < -0.4 is 9.64 Å². The number of anilines is 1. The van der Waals surface area contributed by atoms with Gasteiger partial charge in [0.2, 0.25) is 5.91 Å². The molecule has 1 atom stereocenters. The minimum Gasteiger partial charge on any atom is -0.497 e. The van der Waals surface area contributed by atoms with E-state index in [0.29, 0.717) is 25.4 Å². The smallest absolute Gasteiger partial charge is 0.416 e. The van der Waals surface area contributed by atoms with Crippen molar-refractivity contribution in [1.29, 1.82) is 0 Å². The molecular weight excluding hydrogens is 798 g/mol. The standard InChI is InChI=1S/C41H43F3IN3O5/c1-46(21-24-53-30-34-9-6-10-37(27-34)51-2)39(50)40(45,28-32-7-4-3-5-8-32)48(29-33-13-18-36(19-14-33)47-22-25-52-26-23-47)38(49)20-15-31-11-16-35(17-12-31)41(42,43)44/h3-20,27H,21-26,28-30H2,1-2H3. The fraction of sp³-hybridized carbons (Fsp3) is 0.317. The Labute approximate surface area is 322 Å². The van der Waals surface area contributed by atoms with Crippen molar-refractivity contribution < 1.29 is 37.0 Å². The minimum atomic E-state index is -4.48. The summed E-state index contributed by atoms with van der Waals surface area (Å²) in [6.45, 7) is 3.79. The molecule has 4 aromatic carbocycles. The van der Waals surface area contributed by atoms with Crippen molar-refractivity contribution in [3.05, 3.63) is 137 Å². The third-order valence-corrected chi connectivity index (χ3v) is 10.4. The Hall–Kier alpha value is -4.40. The van der Waals surface area contributed by atoms with Crippen LogP contribution in [0.2, 0.25) is 0 Å². The third kappa shape index (κ3) is 11.1. The number of hydrogen-bond donors (Lipinski definition) is 0. The number of amides is 2. The van der Waals surface area contributed by atoms with Crippen molar-refractivity contribution in [2.75, 3.05) is 58.5 Å². The molecule has 1 aliphatic heterocycles. The molecule has 1 fully saturated rings. The molecule has 280 valence electrons. The summed E-state index contributed by atoms with van der Waals surface area (Å²) in [5, 5.41) is 0. The molecular formula is C41H43F3IN3O5. The lowest BCUT2D eigenvalue weighted by atomic mass is 10.0. The van der Waals surface area contributed by atoms with E-state index in [0.717, 1.165) is 53.3 Å². The average Bonchev–Trinajstić information content (AvgIpc) is 3.18. The van der Waals surface area contributed by atoms with Crippen LogP contribution in [0.5, 0.6) is 5.75 Å². The van der Waals surface area contributed by atoms with Crippen LogP contribution in [0.4, 0.5) is 18.9 Å². The van der Waals surface area contributed by atoms with Crippen LogP contribution in [0.3, 0.4) is 0 Å². The summed E-state index contributed by atoms with van der Waals surface area (Å²) >= 11 is 2.09. The van der Waals surface area contributed by atoms with Gasteiger partial charge in [0.05, 0.1) is 39.1 Å². The number of benzene rings is 4. The molecule has 1 saturated heterocycles. The minimum absolute atomic E-state index is 0.0985. The number of carbonyl (C=O) groups is 2. The van der Waals surface area contributed by atoms with Gasteiger partial charge in [0.1, 0.15) is 5.75 Å². The van der Waals surface area contributed by atoms with E-state index in [2.05, 4.69) is 27.5 Å². The van der Waals surface area contributed by atoms with Gasteiger partial charge in [-0.05, 0) is 87.3 Å². The van der Waals surface area contributed by atoms with Crippen LogP contribution in [0.15, 0.2) is 109 Å². The highest BCUT2D eigenvalue weighted by molar-refractivity contribution is 14.1. The highest BCUT2D eigenvalue weighted by Crippen LogP contribution is 2.34. The summed E-state index contributed by atoms with van der Waals surface area (Å²) in [6.07, 6.45) is -1.49. The largest absolute Gasteiger partial charge is 0.497 e.